The summed E-state index contributed by atoms with van der Waals surface area (Å²) in [6, 6.07) is 0. The van der Waals surface area contributed by atoms with Crippen molar-refractivity contribution < 1.29 is 14.7 Å². The molecule has 0 bridgehead atoms. The number of aliphatic carboxylic acids is 1. The predicted octanol–water partition coefficient (Wildman–Crippen LogP) is 0.760. The van der Waals surface area contributed by atoms with Crippen molar-refractivity contribution >= 4 is 12.3 Å². The maximum Gasteiger partial charge on any atom is 0.331 e. The Kier molecular flexibility index (Phi) is 3.26. The van der Waals surface area contributed by atoms with Crippen LogP contribution in [0.1, 0.15) is 26.7 Å². The highest BCUT2D eigenvalue weighted by Gasteiger charge is 2.47. The third kappa shape index (κ3) is 1.54. The SMILES string of the molecule is CC(C)C(C=O)(C(=O)O)N1CCCC1. The number of rotatable bonds is 4. The lowest BCUT2D eigenvalue weighted by atomic mass is 9.86. The first-order chi connectivity index (χ1) is 6.55. The molecule has 0 radical (unpaired) electrons. The van der Waals surface area contributed by atoms with Gasteiger partial charge in [-0.25, -0.2) is 4.79 Å². The Bertz CT molecular complexity index is 234. The van der Waals surface area contributed by atoms with Gasteiger partial charge in [-0.05, 0) is 31.8 Å². The van der Waals surface area contributed by atoms with Crippen molar-refractivity contribution in [3.8, 4) is 0 Å². The fraction of sp³-hybridized carbons (Fsp3) is 0.800. The lowest BCUT2D eigenvalue weighted by Gasteiger charge is -2.36. The average molecular weight is 199 g/mol. The summed E-state index contributed by atoms with van der Waals surface area (Å²) in [4.78, 5) is 24.1. The van der Waals surface area contributed by atoms with E-state index in [1.54, 1.807) is 18.7 Å². The fourth-order valence-corrected chi connectivity index (χ4v) is 2.10. The molecule has 1 atom stereocenters. The summed E-state index contributed by atoms with van der Waals surface area (Å²) in [6.45, 7) is 4.98. The third-order valence-electron chi connectivity index (χ3n) is 3.03. The molecule has 0 amide bonds. The quantitative estimate of drug-likeness (QED) is 0.536. The van der Waals surface area contributed by atoms with Crippen molar-refractivity contribution in [1.82, 2.24) is 4.90 Å². The van der Waals surface area contributed by atoms with Crippen LogP contribution in [0.2, 0.25) is 0 Å². The molecule has 1 saturated heterocycles. The van der Waals surface area contributed by atoms with E-state index in [1.165, 1.54) is 0 Å². The van der Waals surface area contributed by atoms with Crippen molar-refractivity contribution in [3.05, 3.63) is 0 Å². The van der Waals surface area contributed by atoms with Crippen LogP contribution in [0.5, 0.6) is 0 Å². The molecule has 0 aliphatic carbocycles. The van der Waals surface area contributed by atoms with Gasteiger partial charge < -0.3 is 9.90 Å². The molecule has 0 saturated carbocycles. The molecule has 14 heavy (non-hydrogen) atoms. The summed E-state index contributed by atoms with van der Waals surface area (Å²) in [7, 11) is 0. The van der Waals surface area contributed by atoms with Gasteiger partial charge in [-0.1, -0.05) is 13.8 Å². The Morgan fingerprint density at radius 2 is 1.93 bits per heavy atom. The van der Waals surface area contributed by atoms with Crippen LogP contribution in [-0.4, -0.2) is 40.9 Å². The van der Waals surface area contributed by atoms with E-state index in [4.69, 9.17) is 0 Å². The Morgan fingerprint density at radius 1 is 1.43 bits per heavy atom. The first-order valence-electron chi connectivity index (χ1n) is 5.00. The van der Waals surface area contributed by atoms with Crippen molar-refractivity contribution in [3.63, 3.8) is 0 Å². The number of carbonyl (C=O) groups is 2. The van der Waals surface area contributed by atoms with Crippen LogP contribution in [0.4, 0.5) is 0 Å². The molecule has 1 fully saturated rings. The maximum absolute atomic E-state index is 11.2. The number of aldehydes is 1. The molecule has 80 valence electrons. The second-order valence-electron chi connectivity index (χ2n) is 4.10. The summed E-state index contributed by atoms with van der Waals surface area (Å²) >= 11 is 0. The summed E-state index contributed by atoms with van der Waals surface area (Å²) in [5.74, 6) is -1.22. The van der Waals surface area contributed by atoms with Gasteiger partial charge in [-0.15, -0.1) is 0 Å². The van der Waals surface area contributed by atoms with Crippen LogP contribution in [0.15, 0.2) is 0 Å². The second kappa shape index (κ2) is 4.09. The Balaban J connectivity index is 2.99. The maximum atomic E-state index is 11.2. The van der Waals surface area contributed by atoms with Crippen LogP contribution in [0, 0.1) is 5.92 Å². The van der Waals surface area contributed by atoms with E-state index >= 15 is 0 Å². The first-order valence-corrected chi connectivity index (χ1v) is 5.00. The first kappa shape index (κ1) is 11.2. The van der Waals surface area contributed by atoms with E-state index in [9.17, 15) is 14.7 Å². The van der Waals surface area contributed by atoms with Crippen molar-refractivity contribution in [2.24, 2.45) is 5.92 Å². The van der Waals surface area contributed by atoms with Gasteiger partial charge in [0.25, 0.3) is 0 Å². The van der Waals surface area contributed by atoms with Gasteiger partial charge in [0.2, 0.25) is 0 Å². The van der Waals surface area contributed by atoms with E-state index in [1.807, 2.05) is 0 Å². The Hall–Kier alpha value is -0.900. The topological polar surface area (TPSA) is 57.6 Å². The Morgan fingerprint density at radius 3 is 2.21 bits per heavy atom. The Labute approximate surface area is 83.9 Å². The van der Waals surface area contributed by atoms with Gasteiger partial charge in [-0.3, -0.25) is 4.90 Å². The minimum atomic E-state index is -1.31. The van der Waals surface area contributed by atoms with E-state index in [0.717, 1.165) is 12.8 Å². The lowest BCUT2D eigenvalue weighted by Crippen LogP contribution is -2.58. The third-order valence-corrected chi connectivity index (χ3v) is 3.03. The molecule has 1 aliphatic heterocycles. The van der Waals surface area contributed by atoms with Crippen LogP contribution in [-0.2, 0) is 9.59 Å². The minimum Gasteiger partial charge on any atom is -0.480 e. The van der Waals surface area contributed by atoms with Crippen LogP contribution in [0.25, 0.3) is 0 Å². The van der Waals surface area contributed by atoms with Gasteiger partial charge in [0.1, 0.15) is 0 Å². The molecule has 1 aliphatic rings. The highest BCUT2D eigenvalue weighted by atomic mass is 16.4. The number of carbonyl (C=O) groups excluding carboxylic acids is 1. The van der Waals surface area contributed by atoms with Gasteiger partial charge in [0.05, 0.1) is 0 Å². The standard InChI is InChI=1S/C10H17NO3/c1-8(2)10(7-12,9(13)14)11-5-3-4-6-11/h7-8H,3-6H2,1-2H3,(H,13,14). The summed E-state index contributed by atoms with van der Waals surface area (Å²) < 4.78 is 0. The van der Waals surface area contributed by atoms with Crippen molar-refractivity contribution in [1.29, 1.82) is 0 Å². The summed E-state index contributed by atoms with van der Waals surface area (Å²) in [6.07, 6.45) is 2.55. The highest BCUT2D eigenvalue weighted by molar-refractivity contribution is 5.97. The molecule has 0 aromatic rings. The van der Waals surface area contributed by atoms with Gasteiger partial charge >= 0.3 is 5.97 Å². The number of carboxylic acid groups (broad SMARTS) is 1. The zero-order chi connectivity index (χ0) is 10.8. The van der Waals surface area contributed by atoms with Gasteiger partial charge in [0, 0.05) is 0 Å². The molecule has 0 aromatic heterocycles. The van der Waals surface area contributed by atoms with Gasteiger partial charge in [-0.2, -0.15) is 0 Å². The molecule has 0 aromatic carbocycles. The normalized spacial score (nSPS) is 22.2. The lowest BCUT2D eigenvalue weighted by molar-refractivity contribution is -0.156. The average Bonchev–Trinajstić information content (AvgIpc) is 2.58. The van der Waals surface area contributed by atoms with E-state index in [0.29, 0.717) is 19.4 Å². The fourth-order valence-electron chi connectivity index (χ4n) is 2.10. The number of carboxylic acids is 1. The van der Waals surface area contributed by atoms with Gasteiger partial charge in [0.15, 0.2) is 11.8 Å². The van der Waals surface area contributed by atoms with Crippen molar-refractivity contribution in [2.45, 2.75) is 32.2 Å². The minimum absolute atomic E-state index is 0.199. The molecule has 0 spiro atoms. The monoisotopic (exact) mass is 199 g/mol. The van der Waals surface area contributed by atoms with Crippen LogP contribution < -0.4 is 0 Å². The molecular weight excluding hydrogens is 182 g/mol. The molecule has 1 N–H and O–H groups in total. The predicted molar refractivity (Wildman–Crippen MR) is 52.1 cm³/mol. The number of hydrogen-bond donors (Lipinski definition) is 1. The van der Waals surface area contributed by atoms with Crippen LogP contribution in [0.3, 0.4) is 0 Å². The van der Waals surface area contributed by atoms with E-state index in [2.05, 4.69) is 0 Å². The zero-order valence-electron chi connectivity index (χ0n) is 8.69. The van der Waals surface area contributed by atoms with Crippen LogP contribution >= 0.6 is 0 Å². The second-order valence-corrected chi connectivity index (χ2v) is 4.10. The van der Waals surface area contributed by atoms with Crippen molar-refractivity contribution in [2.75, 3.05) is 13.1 Å². The number of likely N-dealkylation sites (tertiary alicyclic amines) is 1. The highest BCUT2D eigenvalue weighted by Crippen LogP contribution is 2.27. The zero-order valence-corrected chi connectivity index (χ0v) is 8.69. The molecule has 1 heterocycles. The molecule has 4 heteroatoms. The molecule has 4 nitrogen and oxygen atoms in total. The number of hydrogen-bond acceptors (Lipinski definition) is 3. The van der Waals surface area contributed by atoms with E-state index < -0.39 is 11.5 Å². The summed E-state index contributed by atoms with van der Waals surface area (Å²) in [5.41, 5.74) is -1.31. The van der Waals surface area contributed by atoms with E-state index in [-0.39, 0.29) is 5.92 Å². The molecular formula is C10H17NO3. The largest absolute Gasteiger partial charge is 0.480 e. The summed E-state index contributed by atoms with van der Waals surface area (Å²) in [5, 5.41) is 9.18. The smallest absolute Gasteiger partial charge is 0.331 e. The molecule has 1 unspecified atom stereocenters. The number of nitrogens with zero attached hydrogens (tertiary/aromatic N) is 1. The molecule has 1 rings (SSSR count).